The van der Waals surface area contributed by atoms with Crippen LogP contribution in [0.15, 0.2) is 12.1 Å². The fourth-order valence-electron chi connectivity index (χ4n) is 1.04. The summed E-state index contributed by atoms with van der Waals surface area (Å²) < 4.78 is 13.2. The standard InChI is InChI=1S/C9H10FNO/c1-6-3-4-8(11-5-12)7(2)9(6)10/h3-5H,1-2H3,(H,11,12). The van der Waals surface area contributed by atoms with Gasteiger partial charge in [-0.05, 0) is 25.5 Å². The summed E-state index contributed by atoms with van der Waals surface area (Å²) in [6.45, 7) is 3.32. The molecule has 3 heteroatoms. The topological polar surface area (TPSA) is 29.1 Å². The summed E-state index contributed by atoms with van der Waals surface area (Å²) in [4.78, 5) is 10.1. The minimum atomic E-state index is -0.262. The molecule has 1 rings (SSSR count). The third kappa shape index (κ3) is 1.44. The summed E-state index contributed by atoms with van der Waals surface area (Å²) in [6.07, 6.45) is 0.539. The molecule has 0 heterocycles. The van der Waals surface area contributed by atoms with E-state index in [9.17, 15) is 9.18 Å². The molecule has 0 aromatic heterocycles. The Bertz CT molecular complexity index is 310. The maximum atomic E-state index is 13.2. The number of aryl methyl sites for hydroxylation is 1. The first-order chi connectivity index (χ1) is 5.66. The summed E-state index contributed by atoms with van der Waals surface area (Å²) >= 11 is 0. The van der Waals surface area contributed by atoms with E-state index in [1.54, 1.807) is 26.0 Å². The molecule has 1 N–H and O–H groups in total. The molecular formula is C9H10FNO. The quantitative estimate of drug-likeness (QED) is 0.671. The Labute approximate surface area is 70.4 Å². The maximum absolute atomic E-state index is 13.2. The van der Waals surface area contributed by atoms with Crippen LogP contribution in [0.2, 0.25) is 0 Å². The first-order valence-corrected chi connectivity index (χ1v) is 3.62. The van der Waals surface area contributed by atoms with Crippen LogP contribution in [0.25, 0.3) is 0 Å². The van der Waals surface area contributed by atoms with Gasteiger partial charge in [0.25, 0.3) is 0 Å². The largest absolute Gasteiger partial charge is 0.328 e. The van der Waals surface area contributed by atoms with Crippen LogP contribution in [0.5, 0.6) is 0 Å². The third-order valence-electron chi connectivity index (χ3n) is 1.79. The zero-order valence-corrected chi connectivity index (χ0v) is 7.02. The zero-order valence-electron chi connectivity index (χ0n) is 7.02. The van der Waals surface area contributed by atoms with E-state index in [4.69, 9.17) is 0 Å². The molecule has 0 saturated carbocycles. The van der Waals surface area contributed by atoms with Crippen molar-refractivity contribution in [2.75, 3.05) is 5.32 Å². The second-order valence-electron chi connectivity index (χ2n) is 2.63. The van der Waals surface area contributed by atoms with Gasteiger partial charge in [0.15, 0.2) is 0 Å². The highest BCUT2D eigenvalue weighted by Crippen LogP contribution is 2.19. The lowest BCUT2D eigenvalue weighted by molar-refractivity contribution is -0.105. The van der Waals surface area contributed by atoms with Crippen LogP contribution in [0.1, 0.15) is 11.1 Å². The van der Waals surface area contributed by atoms with Crippen LogP contribution in [0, 0.1) is 19.7 Å². The Morgan fingerprint density at radius 2 is 2.08 bits per heavy atom. The number of carbonyl (C=O) groups excluding carboxylic acids is 1. The second-order valence-corrected chi connectivity index (χ2v) is 2.63. The smallest absolute Gasteiger partial charge is 0.211 e. The van der Waals surface area contributed by atoms with Crippen molar-refractivity contribution in [3.05, 3.63) is 29.1 Å². The molecule has 64 valence electrons. The summed E-state index contributed by atoms with van der Waals surface area (Å²) in [7, 11) is 0. The van der Waals surface area contributed by atoms with Gasteiger partial charge in [0.05, 0.1) is 0 Å². The van der Waals surface area contributed by atoms with Crippen molar-refractivity contribution in [1.82, 2.24) is 0 Å². The van der Waals surface area contributed by atoms with Gasteiger partial charge in [-0.15, -0.1) is 0 Å². The minimum Gasteiger partial charge on any atom is -0.328 e. The first kappa shape index (κ1) is 8.71. The number of halogens is 1. The number of hydrogen-bond donors (Lipinski definition) is 1. The molecule has 0 aliphatic heterocycles. The average Bonchev–Trinajstić information content (AvgIpc) is 2.07. The van der Waals surface area contributed by atoms with Gasteiger partial charge in [-0.1, -0.05) is 6.07 Å². The molecule has 1 aromatic carbocycles. The Kier molecular flexibility index (Phi) is 2.43. The second kappa shape index (κ2) is 3.34. The van der Waals surface area contributed by atoms with Crippen LogP contribution in [-0.2, 0) is 4.79 Å². The zero-order chi connectivity index (χ0) is 9.14. The van der Waals surface area contributed by atoms with Crippen molar-refractivity contribution in [3.63, 3.8) is 0 Å². The average molecular weight is 167 g/mol. The van der Waals surface area contributed by atoms with Gasteiger partial charge in [0.2, 0.25) is 6.41 Å². The van der Waals surface area contributed by atoms with Crippen molar-refractivity contribution in [3.8, 4) is 0 Å². The summed E-state index contributed by atoms with van der Waals surface area (Å²) in [5.41, 5.74) is 1.58. The van der Waals surface area contributed by atoms with Crippen molar-refractivity contribution in [2.45, 2.75) is 13.8 Å². The van der Waals surface area contributed by atoms with Gasteiger partial charge in [0, 0.05) is 11.3 Å². The van der Waals surface area contributed by atoms with Gasteiger partial charge in [-0.3, -0.25) is 4.79 Å². The van der Waals surface area contributed by atoms with Crippen LogP contribution < -0.4 is 5.32 Å². The van der Waals surface area contributed by atoms with E-state index in [0.717, 1.165) is 0 Å². The normalized spacial score (nSPS) is 9.58. The summed E-state index contributed by atoms with van der Waals surface area (Å²) in [6, 6.07) is 3.32. The monoisotopic (exact) mass is 167 g/mol. The predicted octanol–water partition coefficient (Wildman–Crippen LogP) is 2.01. The highest BCUT2D eigenvalue weighted by molar-refractivity contribution is 5.73. The highest BCUT2D eigenvalue weighted by Gasteiger charge is 2.05. The van der Waals surface area contributed by atoms with E-state index >= 15 is 0 Å². The predicted molar refractivity (Wildman–Crippen MR) is 45.6 cm³/mol. The Morgan fingerprint density at radius 1 is 1.42 bits per heavy atom. The third-order valence-corrected chi connectivity index (χ3v) is 1.79. The van der Waals surface area contributed by atoms with E-state index in [0.29, 0.717) is 23.2 Å². The van der Waals surface area contributed by atoms with E-state index in [1.807, 2.05) is 0 Å². The summed E-state index contributed by atoms with van der Waals surface area (Å²) in [5.74, 6) is -0.262. The van der Waals surface area contributed by atoms with Gasteiger partial charge in [-0.25, -0.2) is 4.39 Å². The minimum absolute atomic E-state index is 0.262. The number of nitrogens with one attached hydrogen (secondary N) is 1. The number of anilines is 1. The Balaban J connectivity index is 3.16. The lowest BCUT2D eigenvalue weighted by Crippen LogP contribution is -1.99. The van der Waals surface area contributed by atoms with Gasteiger partial charge < -0.3 is 5.32 Å². The van der Waals surface area contributed by atoms with Gasteiger partial charge in [0.1, 0.15) is 5.82 Å². The van der Waals surface area contributed by atoms with Crippen molar-refractivity contribution in [1.29, 1.82) is 0 Å². The molecule has 0 fully saturated rings. The maximum Gasteiger partial charge on any atom is 0.211 e. The van der Waals surface area contributed by atoms with E-state index in [1.165, 1.54) is 0 Å². The summed E-state index contributed by atoms with van der Waals surface area (Å²) in [5, 5.41) is 2.42. The van der Waals surface area contributed by atoms with Crippen LogP contribution in [0.4, 0.5) is 10.1 Å². The van der Waals surface area contributed by atoms with Gasteiger partial charge >= 0.3 is 0 Å². The lowest BCUT2D eigenvalue weighted by atomic mass is 10.1. The first-order valence-electron chi connectivity index (χ1n) is 3.62. The molecule has 0 aliphatic carbocycles. The van der Waals surface area contributed by atoms with E-state index < -0.39 is 0 Å². The molecule has 0 spiro atoms. The lowest BCUT2D eigenvalue weighted by Gasteiger charge is -2.06. The van der Waals surface area contributed by atoms with Crippen molar-refractivity contribution >= 4 is 12.1 Å². The number of benzene rings is 1. The van der Waals surface area contributed by atoms with Crippen LogP contribution >= 0.6 is 0 Å². The van der Waals surface area contributed by atoms with Crippen LogP contribution in [-0.4, -0.2) is 6.41 Å². The molecule has 1 amide bonds. The number of carbonyl (C=O) groups is 1. The molecule has 0 atom stereocenters. The fraction of sp³-hybridized carbons (Fsp3) is 0.222. The van der Waals surface area contributed by atoms with Crippen molar-refractivity contribution in [2.24, 2.45) is 0 Å². The molecule has 12 heavy (non-hydrogen) atoms. The molecule has 0 bridgehead atoms. The van der Waals surface area contributed by atoms with E-state index in [2.05, 4.69) is 5.32 Å². The highest BCUT2D eigenvalue weighted by atomic mass is 19.1. The molecule has 0 unspecified atom stereocenters. The number of amides is 1. The number of rotatable bonds is 2. The van der Waals surface area contributed by atoms with Gasteiger partial charge in [-0.2, -0.15) is 0 Å². The molecule has 0 aliphatic rings. The molecule has 2 nitrogen and oxygen atoms in total. The van der Waals surface area contributed by atoms with E-state index in [-0.39, 0.29) is 5.82 Å². The van der Waals surface area contributed by atoms with Crippen LogP contribution in [0.3, 0.4) is 0 Å². The Hall–Kier alpha value is -1.38. The SMILES string of the molecule is Cc1ccc(NC=O)c(C)c1F. The molecular weight excluding hydrogens is 157 g/mol. The number of hydrogen-bond acceptors (Lipinski definition) is 1. The Morgan fingerprint density at radius 3 is 2.67 bits per heavy atom. The van der Waals surface area contributed by atoms with Crippen molar-refractivity contribution < 1.29 is 9.18 Å². The molecule has 1 aromatic rings. The fourth-order valence-corrected chi connectivity index (χ4v) is 1.04. The molecule has 0 radical (unpaired) electrons. The molecule has 0 saturated heterocycles.